The molecule has 1 fully saturated rings. The summed E-state index contributed by atoms with van der Waals surface area (Å²) >= 11 is 0. The van der Waals surface area contributed by atoms with Crippen LogP contribution in [0.5, 0.6) is 0 Å². The van der Waals surface area contributed by atoms with Crippen LogP contribution in [0.25, 0.3) is 0 Å². The zero-order valence-corrected chi connectivity index (χ0v) is 12.5. The number of hydrogen-bond acceptors (Lipinski definition) is 2. The highest BCUT2D eigenvalue weighted by atomic mass is 31.0. The van der Waals surface area contributed by atoms with Crippen LogP contribution in [0, 0.1) is 23.7 Å². The lowest BCUT2D eigenvalue weighted by Crippen LogP contribution is -2.03. The van der Waals surface area contributed by atoms with Crippen molar-refractivity contribution in [3.8, 4) is 11.8 Å². The van der Waals surface area contributed by atoms with Gasteiger partial charge in [0.2, 0.25) is 0 Å². The minimum Gasteiger partial charge on any atom is -0.350 e. The molecule has 0 amide bonds. The van der Waals surface area contributed by atoms with Gasteiger partial charge in [0.15, 0.2) is 0 Å². The summed E-state index contributed by atoms with van der Waals surface area (Å²) in [6.07, 6.45) is 9.80. The summed E-state index contributed by atoms with van der Waals surface area (Å²) in [5.74, 6) is 7.95. The maximum atomic E-state index is 10.3. The van der Waals surface area contributed by atoms with Crippen LogP contribution in [-0.4, -0.2) is 12.4 Å². The van der Waals surface area contributed by atoms with Gasteiger partial charge in [-0.25, -0.2) is 0 Å². The van der Waals surface area contributed by atoms with Crippen LogP contribution in [0.3, 0.4) is 0 Å². The van der Waals surface area contributed by atoms with E-state index in [0.717, 1.165) is 37.4 Å². The summed E-state index contributed by atoms with van der Waals surface area (Å²) in [5, 5.41) is 0. The highest BCUT2D eigenvalue weighted by Crippen LogP contribution is 2.43. The Balaban J connectivity index is 2.13. The normalized spacial score (nSPS) is 23.0. The Morgan fingerprint density at radius 2 is 2.28 bits per heavy atom. The average molecular weight is 268 g/mol. The molecule has 0 radical (unpaired) electrons. The van der Waals surface area contributed by atoms with Gasteiger partial charge in [0.1, 0.15) is 12.4 Å². The van der Waals surface area contributed by atoms with Crippen molar-refractivity contribution < 1.29 is 9.32 Å². The first kappa shape index (κ1) is 15.7. The Morgan fingerprint density at radius 1 is 1.44 bits per heavy atom. The molecular formula is C15H25O2P. The second-order valence-corrected chi connectivity index (χ2v) is 5.42. The Kier molecular flexibility index (Phi) is 8.31. The molecule has 0 aliphatic heterocycles. The zero-order chi connectivity index (χ0) is 13.2. The molecule has 0 saturated heterocycles. The first-order valence-corrected chi connectivity index (χ1v) is 7.56. The maximum absolute atomic E-state index is 10.3. The van der Waals surface area contributed by atoms with E-state index in [-0.39, 0.29) is 6.10 Å². The molecule has 0 heterocycles. The van der Waals surface area contributed by atoms with Gasteiger partial charge in [0.25, 0.3) is 0 Å². The molecule has 4 atom stereocenters. The van der Waals surface area contributed by atoms with E-state index in [1.807, 2.05) is 0 Å². The minimum absolute atomic E-state index is 0.0775. The summed E-state index contributed by atoms with van der Waals surface area (Å²) in [5.41, 5.74) is 0. The number of carbonyl (C=O) groups is 1. The van der Waals surface area contributed by atoms with Crippen molar-refractivity contribution in [1.82, 2.24) is 0 Å². The van der Waals surface area contributed by atoms with E-state index in [0.29, 0.717) is 6.42 Å². The standard InChI is InChI=1S/C15H25O2P/c1-2-3-4-9-15(17-18)10-5-7-13-12-14(13)8-6-11-16/h11,13-15H,2-4,6-9,12,18H2,1H3/t13-,14-,15?/m0/s1. The fraction of sp³-hybridized carbons (Fsp3) is 0.800. The molecule has 0 aromatic carbocycles. The average Bonchev–Trinajstić information content (AvgIpc) is 3.13. The van der Waals surface area contributed by atoms with E-state index in [9.17, 15) is 4.79 Å². The number of aldehydes is 1. The van der Waals surface area contributed by atoms with Crippen LogP contribution < -0.4 is 0 Å². The summed E-state index contributed by atoms with van der Waals surface area (Å²) in [7, 11) is 2.33. The molecule has 0 aromatic heterocycles. The van der Waals surface area contributed by atoms with Crippen molar-refractivity contribution in [2.75, 3.05) is 0 Å². The molecule has 2 unspecified atom stereocenters. The molecule has 0 aromatic rings. The molecule has 0 spiro atoms. The summed E-state index contributed by atoms with van der Waals surface area (Å²) in [6, 6.07) is 0. The molecule has 1 aliphatic rings. The largest absolute Gasteiger partial charge is 0.350 e. The fourth-order valence-corrected chi connectivity index (χ4v) is 2.46. The van der Waals surface area contributed by atoms with E-state index in [1.54, 1.807) is 0 Å². The van der Waals surface area contributed by atoms with E-state index in [4.69, 9.17) is 4.52 Å². The fourth-order valence-electron chi connectivity index (χ4n) is 2.25. The first-order chi connectivity index (χ1) is 8.81. The van der Waals surface area contributed by atoms with Crippen LogP contribution in [-0.2, 0) is 9.32 Å². The van der Waals surface area contributed by atoms with Crippen molar-refractivity contribution in [2.24, 2.45) is 11.8 Å². The van der Waals surface area contributed by atoms with Crippen molar-refractivity contribution in [1.29, 1.82) is 0 Å². The molecule has 1 saturated carbocycles. The molecular weight excluding hydrogens is 243 g/mol. The third-order valence-electron chi connectivity index (χ3n) is 3.59. The first-order valence-electron chi connectivity index (χ1n) is 7.09. The quantitative estimate of drug-likeness (QED) is 0.275. The van der Waals surface area contributed by atoms with Crippen LogP contribution in [0.2, 0.25) is 0 Å². The van der Waals surface area contributed by atoms with Gasteiger partial charge in [0, 0.05) is 22.3 Å². The third kappa shape index (κ3) is 6.53. The van der Waals surface area contributed by atoms with Crippen molar-refractivity contribution in [3.05, 3.63) is 0 Å². The molecule has 1 aliphatic carbocycles. The SMILES string of the molecule is CCCCCC(C#CC[C@H]1C[C@@H]1CCC=O)OP. The van der Waals surface area contributed by atoms with Crippen molar-refractivity contribution >= 4 is 15.8 Å². The Hall–Kier alpha value is -0.380. The molecule has 1 rings (SSSR count). The monoisotopic (exact) mass is 268 g/mol. The zero-order valence-electron chi connectivity index (χ0n) is 11.4. The van der Waals surface area contributed by atoms with Gasteiger partial charge in [-0.1, -0.05) is 25.7 Å². The lowest BCUT2D eigenvalue weighted by Gasteiger charge is -2.06. The predicted molar refractivity (Wildman–Crippen MR) is 78.0 cm³/mol. The predicted octanol–water partition coefficient (Wildman–Crippen LogP) is 3.75. The van der Waals surface area contributed by atoms with Gasteiger partial charge < -0.3 is 9.32 Å². The van der Waals surface area contributed by atoms with Gasteiger partial charge in [-0.05, 0) is 37.5 Å². The molecule has 0 bridgehead atoms. The van der Waals surface area contributed by atoms with Crippen LogP contribution in [0.4, 0.5) is 0 Å². The Bertz CT molecular complexity index is 293. The lowest BCUT2D eigenvalue weighted by molar-refractivity contribution is -0.108. The number of carbonyl (C=O) groups excluding carboxylic acids is 1. The summed E-state index contributed by atoms with van der Waals surface area (Å²) in [4.78, 5) is 10.3. The third-order valence-corrected chi connectivity index (χ3v) is 3.91. The van der Waals surface area contributed by atoms with Gasteiger partial charge in [0.05, 0.1) is 0 Å². The maximum Gasteiger partial charge on any atom is 0.121 e. The summed E-state index contributed by atoms with van der Waals surface area (Å²) in [6.45, 7) is 2.20. The smallest absolute Gasteiger partial charge is 0.121 e. The van der Waals surface area contributed by atoms with Crippen molar-refractivity contribution in [2.45, 2.75) is 64.4 Å². The van der Waals surface area contributed by atoms with E-state index in [2.05, 4.69) is 28.2 Å². The number of hydrogen-bond donors (Lipinski definition) is 0. The van der Waals surface area contributed by atoms with E-state index < -0.39 is 0 Å². The highest BCUT2D eigenvalue weighted by molar-refractivity contribution is 7.09. The van der Waals surface area contributed by atoms with Gasteiger partial charge >= 0.3 is 0 Å². The van der Waals surface area contributed by atoms with Crippen LogP contribution in [0.1, 0.15) is 58.3 Å². The molecule has 2 nitrogen and oxygen atoms in total. The number of rotatable bonds is 9. The molecule has 3 heteroatoms. The van der Waals surface area contributed by atoms with Gasteiger partial charge in [-0.2, -0.15) is 0 Å². The Labute approximate surface area is 114 Å². The molecule has 102 valence electrons. The molecule has 18 heavy (non-hydrogen) atoms. The lowest BCUT2D eigenvalue weighted by atomic mass is 10.1. The van der Waals surface area contributed by atoms with Gasteiger partial charge in [-0.15, -0.1) is 5.92 Å². The minimum atomic E-state index is 0.0775. The van der Waals surface area contributed by atoms with Gasteiger partial charge in [-0.3, -0.25) is 0 Å². The van der Waals surface area contributed by atoms with Crippen LogP contribution >= 0.6 is 9.47 Å². The highest BCUT2D eigenvalue weighted by Gasteiger charge is 2.35. The van der Waals surface area contributed by atoms with E-state index >= 15 is 0 Å². The Morgan fingerprint density at radius 3 is 2.94 bits per heavy atom. The van der Waals surface area contributed by atoms with Crippen molar-refractivity contribution in [3.63, 3.8) is 0 Å². The van der Waals surface area contributed by atoms with E-state index in [1.165, 1.54) is 25.7 Å². The second-order valence-electron chi connectivity index (χ2n) is 5.15. The van der Waals surface area contributed by atoms with Crippen LogP contribution in [0.15, 0.2) is 0 Å². The number of unbranched alkanes of at least 4 members (excludes halogenated alkanes) is 2. The topological polar surface area (TPSA) is 26.3 Å². The second kappa shape index (κ2) is 9.54. The summed E-state index contributed by atoms with van der Waals surface area (Å²) < 4.78 is 5.29. The molecule has 0 N–H and O–H groups in total.